The molecule has 0 aromatic carbocycles. The molecule has 0 radical (unpaired) electrons. The molecule has 1 atom stereocenters. The van der Waals surface area contributed by atoms with Crippen LogP contribution >= 0.6 is 0 Å². The second kappa shape index (κ2) is 3.90. The van der Waals surface area contributed by atoms with E-state index in [2.05, 4.69) is 16.9 Å². The van der Waals surface area contributed by atoms with Crippen LogP contribution in [0.2, 0.25) is 0 Å². The first-order chi connectivity index (χ1) is 5.72. The molecule has 66 valence electrons. The predicted octanol–water partition coefficient (Wildman–Crippen LogP) is 1.24. The molecule has 4 nitrogen and oxygen atoms in total. The third-order valence-corrected chi connectivity index (χ3v) is 1.55. The first-order valence-corrected chi connectivity index (χ1v) is 3.97. The lowest BCUT2D eigenvalue weighted by Gasteiger charge is -2.10. The Hall–Kier alpha value is -1.32. The van der Waals surface area contributed by atoms with E-state index in [9.17, 15) is 0 Å². The normalized spacial score (nSPS) is 12.5. The molecule has 12 heavy (non-hydrogen) atoms. The molecular formula is C8H13N3O. The van der Waals surface area contributed by atoms with Crippen molar-refractivity contribution in [2.24, 2.45) is 0 Å². The number of nitrogens with zero attached hydrogens (tertiary/aromatic N) is 2. The molecule has 0 unspecified atom stereocenters. The Morgan fingerprint density at radius 3 is 3.00 bits per heavy atom. The fraction of sp³-hybridized carbons (Fsp3) is 0.500. The maximum Gasteiger partial charge on any atom is 0.223 e. The molecule has 0 saturated heterocycles. The SMILES string of the molecule is CC[C@H](C)Oc1ccnc(N)n1. The molecule has 1 heterocycles. The number of hydrogen-bond acceptors (Lipinski definition) is 4. The minimum absolute atomic E-state index is 0.166. The Kier molecular flexibility index (Phi) is 2.85. The molecule has 0 saturated carbocycles. The molecule has 1 rings (SSSR count). The second-order valence-corrected chi connectivity index (χ2v) is 2.59. The van der Waals surface area contributed by atoms with E-state index in [1.54, 1.807) is 12.3 Å². The summed E-state index contributed by atoms with van der Waals surface area (Å²) in [5.74, 6) is 0.785. The Balaban J connectivity index is 2.63. The summed E-state index contributed by atoms with van der Waals surface area (Å²) in [4.78, 5) is 7.67. The lowest BCUT2D eigenvalue weighted by molar-refractivity contribution is 0.208. The average molecular weight is 167 g/mol. The average Bonchev–Trinajstić information content (AvgIpc) is 2.04. The van der Waals surface area contributed by atoms with Crippen LogP contribution in [0.15, 0.2) is 12.3 Å². The summed E-state index contributed by atoms with van der Waals surface area (Å²) in [7, 11) is 0. The van der Waals surface area contributed by atoms with Gasteiger partial charge in [-0.15, -0.1) is 0 Å². The molecular weight excluding hydrogens is 154 g/mol. The highest BCUT2D eigenvalue weighted by Gasteiger charge is 2.01. The lowest BCUT2D eigenvalue weighted by Crippen LogP contribution is -2.11. The van der Waals surface area contributed by atoms with Crippen molar-refractivity contribution in [2.45, 2.75) is 26.4 Å². The molecule has 1 aromatic heterocycles. The third kappa shape index (κ3) is 2.38. The molecule has 0 bridgehead atoms. The van der Waals surface area contributed by atoms with Gasteiger partial charge in [-0.05, 0) is 13.3 Å². The molecule has 0 aliphatic heterocycles. The van der Waals surface area contributed by atoms with Gasteiger partial charge in [-0.2, -0.15) is 4.98 Å². The van der Waals surface area contributed by atoms with Gasteiger partial charge in [0.05, 0.1) is 6.10 Å². The van der Waals surface area contributed by atoms with Gasteiger partial charge < -0.3 is 10.5 Å². The summed E-state index contributed by atoms with van der Waals surface area (Å²) in [5.41, 5.74) is 5.37. The number of nitrogens with two attached hydrogens (primary N) is 1. The van der Waals surface area contributed by atoms with Crippen LogP contribution in [-0.4, -0.2) is 16.1 Å². The van der Waals surface area contributed by atoms with Crippen LogP contribution in [0.1, 0.15) is 20.3 Å². The van der Waals surface area contributed by atoms with Crippen molar-refractivity contribution in [2.75, 3.05) is 5.73 Å². The van der Waals surface area contributed by atoms with Crippen LogP contribution in [0.5, 0.6) is 5.88 Å². The van der Waals surface area contributed by atoms with E-state index >= 15 is 0 Å². The zero-order valence-electron chi connectivity index (χ0n) is 7.32. The highest BCUT2D eigenvalue weighted by molar-refractivity contribution is 5.20. The standard InChI is InChI=1S/C8H13N3O/c1-3-6(2)12-7-4-5-10-8(9)11-7/h4-6H,3H2,1-2H3,(H2,9,10,11)/t6-/m0/s1. The minimum Gasteiger partial charge on any atom is -0.475 e. The zero-order chi connectivity index (χ0) is 8.97. The van der Waals surface area contributed by atoms with Gasteiger partial charge in [-0.1, -0.05) is 6.92 Å². The van der Waals surface area contributed by atoms with Crippen molar-refractivity contribution in [3.05, 3.63) is 12.3 Å². The Morgan fingerprint density at radius 1 is 1.67 bits per heavy atom. The van der Waals surface area contributed by atoms with Crippen molar-refractivity contribution in [3.8, 4) is 5.88 Å². The van der Waals surface area contributed by atoms with Gasteiger partial charge in [-0.3, -0.25) is 0 Å². The van der Waals surface area contributed by atoms with Gasteiger partial charge in [-0.25, -0.2) is 4.98 Å². The summed E-state index contributed by atoms with van der Waals surface area (Å²) < 4.78 is 5.41. The lowest BCUT2D eigenvalue weighted by atomic mass is 10.3. The largest absolute Gasteiger partial charge is 0.475 e. The zero-order valence-corrected chi connectivity index (χ0v) is 7.32. The number of rotatable bonds is 3. The topological polar surface area (TPSA) is 61.0 Å². The molecule has 0 spiro atoms. The Labute approximate surface area is 71.8 Å². The van der Waals surface area contributed by atoms with Crippen LogP contribution < -0.4 is 10.5 Å². The van der Waals surface area contributed by atoms with E-state index in [1.807, 2.05) is 6.92 Å². The van der Waals surface area contributed by atoms with Crippen molar-refractivity contribution in [1.82, 2.24) is 9.97 Å². The molecule has 0 fully saturated rings. The van der Waals surface area contributed by atoms with Crippen LogP contribution in [0.25, 0.3) is 0 Å². The van der Waals surface area contributed by atoms with Crippen LogP contribution in [0.3, 0.4) is 0 Å². The quantitative estimate of drug-likeness (QED) is 0.735. The molecule has 1 aromatic rings. The van der Waals surface area contributed by atoms with Crippen LogP contribution in [-0.2, 0) is 0 Å². The van der Waals surface area contributed by atoms with E-state index in [0.717, 1.165) is 6.42 Å². The van der Waals surface area contributed by atoms with E-state index in [0.29, 0.717) is 5.88 Å². The second-order valence-electron chi connectivity index (χ2n) is 2.59. The molecule has 2 N–H and O–H groups in total. The third-order valence-electron chi connectivity index (χ3n) is 1.55. The van der Waals surface area contributed by atoms with Crippen molar-refractivity contribution < 1.29 is 4.74 Å². The molecule has 0 amide bonds. The fourth-order valence-electron chi connectivity index (χ4n) is 0.712. The summed E-state index contributed by atoms with van der Waals surface area (Å²) in [5, 5.41) is 0. The highest BCUT2D eigenvalue weighted by atomic mass is 16.5. The molecule has 0 aliphatic rings. The van der Waals surface area contributed by atoms with Crippen molar-refractivity contribution >= 4 is 5.95 Å². The van der Waals surface area contributed by atoms with E-state index in [4.69, 9.17) is 10.5 Å². The summed E-state index contributed by atoms with van der Waals surface area (Å²) in [6.07, 6.45) is 2.70. The summed E-state index contributed by atoms with van der Waals surface area (Å²) in [6.45, 7) is 4.04. The maximum absolute atomic E-state index is 5.41. The molecule has 4 heteroatoms. The predicted molar refractivity (Wildman–Crippen MR) is 46.8 cm³/mol. The minimum atomic E-state index is 0.166. The first-order valence-electron chi connectivity index (χ1n) is 3.97. The highest BCUT2D eigenvalue weighted by Crippen LogP contribution is 2.09. The number of nitrogen functional groups attached to an aromatic ring is 1. The van der Waals surface area contributed by atoms with Gasteiger partial charge in [0.2, 0.25) is 11.8 Å². The summed E-state index contributed by atoms with van der Waals surface area (Å²) in [6, 6.07) is 1.70. The Morgan fingerprint density at radius 2 is 2.42 bits per heavy atom. The van der Waals surface area contributed by atoms with E-state index < -0.39 is 0 Å². The fourth-order valence-corrected chi connectivity index (χ4v) is 0.712. The monoisotopic (exact) mass is 167 g/mol. The van der Waals surface area contributed by atoms with Gasteiger partial charge in [0, 0.05) is 12.3 Å². The van der Waals surface area contributed by atoms with Gasteiger partial charge in [0.1, 0.15) is 0 Å². The number of hydrogen-bond donors (Lipinski definition) is 1. The smallest absolute Gasteiger partial charge is 0.223 e. The van der Waals surface area contributed by atoms with E-state index in [1.165, 1.54) is 0 Å². The van der Waals surface area contributed by atoms with Crippen LogP contribution in [0, 0.1) is 0 Å². The summed E-state index contributed by atoms with van der Waals surface area (Å²) >= 11 is 0. The van der Waals surface area contributed by atoms with Gasteiger partial charge in [0.25, 0.3) is 0 Å². The maximum atomic E-state index is 5.41. The van der Waals surface area contributed by atoms with Gasteiger partial charge in [0.15, 0.2) is 0 Å². The first kappa shape index (κ1) is 8.77. The van der Waals surface area contributed by atoms with Crippen molar-refractivity contribution in [1.29, 1.82) is 0 Å². The van der Waals surface area contributed by atoms with E-state index in [-0.39, 0.29) is 12.1 Å². The number of anilines is 1. The Bertz CT molecular complexity index is 252. The number of ether oxygens (including phenoxy) is 1. The number of aromatic nitrogens is 2. The van der Waals surface area contributed by atoms with Crippen molar-refractivity contribution in [3.63, 3.8) is 0 Å². The molecule has 0 aliphatic carbocycles. The van der Waals surface area contributed by atoms with Crippen LogP contribution in [0.4, 0.5) is 5.95 Å². The van der Waals surface area contributed by atoms with Gasteiger partial charge >= 0.3 is 0 Å².